The standard InChI is InChI=1S/C17H17F3N4O2/c1-9-10(2)22-14(11-3-5-21-6-4-11)23-15(9)24-7-12(16(25)26)13(8-24)17(18,19)20/h3-6,12-13H,7-8H2,1-2H3,(H,25,26)/t12-,13-/m1/s1. The fourth-order valence-corrected chi connectivity index (χ4v) is 3.11. The van der Waals surface area contributed by atoms with Crippen molar-refractivity contribution in [2.75, 3.05) is 18.0 Å². The highest BCUT2D eigenvalue weighted by molar-refractivity contribution is 5.73. The molecule has 138 valence electrons. The quantitative estimate of drug-likeness (QED) is 0.900. The van der Waals surface area contributed by atoms with Crippen molar-refractivity contribution in [2.45, 2.75) is 20.0 Å². The Balaban J connectivity index is 2.01. The summed E-state index contributed by atoms with van der Waals surface area (Å²) in [6.07, 6.45) is -1.44. The molecule has 3 heterocycles. The van der Waals surface area contributed by atoms with Crippen LogP contribution < -0.4 is 4.90 Å². The maximum Gasteiger partial charge on any atom is 0.394 e. The average Bonchev–Trinajstić information content (AvgIpc) is 3.04. The summed E-state index contributed by atoms with van der Waals surface area (Å²) in [7, 11) is 0. The highest BCUT2D eigenvalue weighted by Gasteiger charge is 2.53. The zero-order chi connectivity index (χ0) is 19.1. The van der Waals surface area contributed by atoms with Crippen molar-refractivity contribution < 1.29 is 23.1 Å². The molecule has 0 bridgehead atoms. The fourth-order valence-electron chi connectivity index (χ4n) is 3.11. The molecule has 0 radical (unpaired) electrons. The summed E-state index contributed by atoms with van der Waals surface area (Å²) in [6, 6.07) is 3.41. The molecule has 0 aromatic carbocycles. The van der Waals surface area contributed by atoms with E-state index in [1.165, 1.54) is 4.90 Å². The number of carboxylic acids is 1. The van der Waals surface area contributed by atoms with Crippen LogP contribution in [0.25, 0.3) is 11.4 Å². The summed E-state index contributed by atoms with van der Waals surface area (Å²) in [5.41, 5.74) is 1.95. The van der Waals surface area contributed by atoms with Crippen molar-refractivity contribution in [1.82, 2.24) is 15.0 Å². The van der Waals surface area contributed by atoms with Gasteiger partial charge in [0, 0.05) is 42.3 Å². The van der Waals surface area contributed by atoms with E-state index in [2.05, 4.69) is 15.0 Å². The second-order valence-electron chi connectivity index (χ2n) is 6.31. The molecule has 1 fully saturated rings. The highest BCUT2D eigenvalue weighted by Crippen LogP contribution is 2.40. The van der Waals surface area contributed by atoms with Gasteiger partial charge in [0.2, 0.25) is 0 Å². The molecule has 0 spiro atoms. The fraction of sp³-hybridized carbons (Fsp3) is 0.412. The average molecular weight is 366 g/mol. The summed E-state index contributed by atoms with van der Waals surface area (Å²) < 4.78 is 39.8. The second-order valence-corrected chi connectivity index (χ2v) is 6.31. The zero-order valence-corrected chi connectivity index (χ0v) is 14.2. The molecule has 0 saturated carbocycles. The first-order valence-electron chi connectivity index (χ1n) is 7.98. The lowest BCUT2D eigenvalue weighted by molar-refractivity contribution is -0.187. The number of nitrogens with zero attached hydrogens (tertiary/aromatic N) is 4. The monoisotopic (exact) mass is 366 g/mol. The topological polar surface area (TPSA) is 79.2 Å². The van der Waals surface area contributed by atoms with E-state index in [4.69, 9.17) is 0 Å². The first kappa shape index (κ1) is 18.1. The normalized spacial score (nSPS) is 20.4. The van der Waals surface area contributed by atoms with Gasteiger partial charge in [-0.15, -0.1) is 0 Å². The van der Waals surface area contributed by atoms with Crippen LogP contribution in [0.15, 0.2) is 24.5 Å². The maximum absolute atomic E-state index is 13.3. The number of hydrogen-bond acceptors (Lipinski definition) is 5. The van der Waals surface area contributed by atoms with E-state index in [1.807, 2.05) is 0 Å². The summed E-state index contributed by atoms with van der Waals surface area (Å²) in [5.74, 6) is -4.20. The van der Waals surface area contributed by atoms with Crippen LogP contribution in [-0.2, 0) is 4.79 Å². The third-order valence-corrected chi connectivity index (χ3v) is 4.66. The van der Waals surface area contributed by atoms with E-state index in [0.717, 1.165) is 0 Å². The number of rotatable bonds is 3. The van der Waals surface area contributed by atoms with Gasteiger partial charge in [-0.05, 0) is 26.0 Å². The molecular weight excluding hydrogens is 349 g/mol. The molecule has 6 nitrogen and oxygen atoms in total. The maximum atomic E-state index is 13.3. The van der Waals surface area contributed by atoms with Crippen molar-refractivity contribution in [1.29, 1.82) is 0 Å². The smallest absolute Gasteiger partial charge is 0.394 e. The first-order chi connectivity index (χ1) is 12.2. The molecule has 0 amide bonds. The Morgan fingerprint density at radius 3 is 2.38 bits per heavy atom. The second kappa shape index (κ2) is 6.54. The summed E-state index contributed by atoms with van der Waals surface area (Å²) >= 11 is 0. The highest BCUT2D eigenvalue weighted by atomic mass is 19.4. The molecule has 9 heteroatoms. The predicted molar refractivity (Wildman–Crippen MR) is 87.6 cm³/mol. The summed E-state index contributed by atoms with van der Waals surface area (Å²) in [5, 5.41) is 9.20. The number of hydrogen-bond donors (Lipinski definition) is 1. The van der Waals surface area contributed by atoms with E-state index in [0.29, 0.717) is 28.5 Å². The van der Waals surface area contributed by atoms with Crippen LogP contribution >= 0.6 is 0 Å². The number of pyridine rings is 1. The van der Waals surface area contributed by atoms with Gasteiger partial charge in [0.1, 0.15) is 5.82 Å². The van der Waals surface area contributed by atoms with Crippen LogP contribution in [0.1, 0.15) is 11.3 Å². The molecule has 0 aliphatic carbocycles. The van der Waals surface area contributed by atoms with Crippen molar-refractivity contribution >= 4 is 11.8 Å². The number of halogens is 3. The van der Waals surface area contributed by atoms with Crippen LogP contribution in [0.2, 0.25) is 0 Å². The van der Waals surface area contributed by atoms with Crippen molar-refractivity contribution in [3.63, 3.8) is 0 Å². The third kappa shape index (κ3) is 3.33. The number of aliphatic carboxylic acids is 1. The number of aryl methyl sites for hydroxylation is 1. The predicted octanol–water partition coefficient (Wildman–Crippen LogP) is 2.85. The van der Waals surface area contributed by atoms with E-state index < -0.39 is 30.5 Å². The van der Waals surface area contributed by atoms with Crippen LogP contribution in [-0.4, -0.2) is 45.3 Å². The van der Waals surface area contributed by atoms with Gasteiger partial charge < -0.3 is 10.0 Å². The summed E-state index contributed by atoms with van der Waals surface area (Å²) in [6.45, 7) is 2.79. The van der Waals surface area contributed by atoms with E-state index >= 15 is 0 Å². The molecular formula is C17H17F3N4O2. The van der Waals surface area contributed by atoms with Crippen LogP contribution in [0.4, 0.5) is 19.0 Å². The molecule has 1 aliphatic heterocycles. The van der Waals surface area contributed by atoms with Crippen molar-refractivity contribution in [3.8, 4) is 11.4 Å². The van der Waals surface area contributed by atoms with E-state index in [1.54, 1.807) is 38.4 Å². The third-order valence-electron chi connectivity index (χ3n) is 4.66. The minimum absolute atomic E-state index is 0.243. The number of carbonyl (C=O) groups is 1. The Labute approximate surface area is 147 Å². The lowest BCUT2D eigenvalue weighted by Crippen LogP contribution is -2.33. The van der Waals surface area contributed by atoms with Gasteiger partial charge in [-0.3, -0.25) is 9.78 Å². The number of alkyl halides is 3. The van der Waals surface area contributed by atoms with Gasteiger partial charge in [0.15, 0.2) is 5.82 Å². The number of anilines is 1. The Morgan fingerprint density at radius 1 is 1.19 bits per heavy atom. The Bertz CT molecular complexity index is 827. The minimum atomic E-state index is -4.58. The van der Waals surface area contributed by atoms with Gasteiger partial charge in [-0.25, -0.2) is 9.97 Å². The first-order valence-corrected chi connectivity index (χ1v) is 7.98. The molecule has 1 aliphatic rings. The zero-order valence-electron chi connectivity index (χ0n) is 14.2. The Morgan fingerprint density at radius 2 is 1.85 bits per heavy atom. The summed E-state index contributed by atoms with van der Waals surface area (Å²) in [4.78, 5) is 25.4. The SMILES string of the molecule is Cc1nc(-c2ccncc2)nc(N2C[C@@H](C(F)(F)F)[C@H](C(=O)O)C2)c1C. The van der Waals surface area contributed by atoms with Gasteiger partial charge in [0.05, 0.1) is 11.8 Å². The Kier molecular flexibility index (Phi) is 4.55. The lowest BCUT2D eigenvalue weighted by atomic mass is 9.96. The molecule has 0 unspecified atom stereocenters. The Hall–Kier alpha value is -2.71. The minimum Gasteiger partial charge on any atom is -0.481 e. The van der Waals surface area contributed by atoms with E-state index in [9.17, 15) is 23.1 Å². The molecule has 1 N–H and O–H groups in total. The van der Waals surface area contributed by atoms with Crippen molar-refractivity contribution in [3.05, 3.63) is 35.8 Å². The van der Waals surface area contributed by atoms with E-state index in [-0.39, 0.29) is 6.54 Å². The van der Waals surface area contributed by atoms with Crippen molar-refractivity contribution in [2.24, 2.45) is 11.8 Å². The van der Waals surface area contributed by atoms with Crippen LogP contribution in [0, 0.1) is 25.7 Å². The van der Waals surface area contributed by atoms with Crippen LogP contribution in [0.5, 0.6) is 0 Å². The van der Waals surface area contributed by atoms with Gasteiger partial charge in [0.25, 0.3) is 0 Å². The lowest BCUT2D eigenvalue weighted by Gasteiger charge is -2.21. The number of carboxylic acid groups (broad SMARTS) is 1. The molecule has 2 atom stereocenters. The van der Waals surface area contributed by atoms with Gasteiger partial charge in [-0.1, -0.05) is 0 Å². The largest absolute Gasteiger partial charge is 0.481 e. The molecule has 3 rings (SSSR count). The molecule has 1 saturated heterocycles. The molecule has 2 aromatic rings. The van der Waals surface area contributed by atoms with Gasteiger partial charge >= 0.3 is 12.1 Å². The van der Waals surface area contributed by atoms with Gasteiger partial charge in [-0.2, -0.15) is 13.2 Å². The molecule has 2 aromatic heterocycles. The number of aromatic nitrogens is 3. The molecule has 26 heavy (non-hydrogen) atoms. The van der Waals surface area contributed by atoms with Crippen LogP contribution in [0.3, 0.4) is 0 Å².